The molecule has 1 aromatic heterocycles. The topological polar surface area (TPSA) is 69.9 Å². The molecule has 0 fully saturated rings. The Morgan fingerprint density at radius 2 is 1.88 bits per heavy atom. The third-order valence-electron chi connectivity index (χ3n) is 4.00. The Bertz CT molecular complexity index is 859. The van der Waals surface area contributed by atoms with Gasteiger partial charge in [-0.2, -0.15) is 4.80 Å². The molecule has 0 saturated heterocycles. The molecule has 0 aliphatic carbocycles. The summed E-state index contributed by atoms with van der Waals surface area (Å²) in [5, 5.41) is 12.4. The molecular formula is C19H20N4O2. The van der Waals surface area contributed by atoms with Crippen molar-refractivity contribution < 1.29 is 9.53 Å². The van der Waals surface area contributed by atoms with Crippen molar-refractivity contribution in [1.29, 1.82) is 0 Å². The van der Waals surface area contributed by atoms with Crippen LogP contribution in [-0.4, -0.2) is 26.2 Å². The normalized spacial score (nSPS) is 10.6. The van der Waals surface area contributed by atoms with Gasteiger partial charge in [-0.3, -0.25) is 4.79 Å². The lowest BCUT2D eigenvalue weighted by molar-refractivity contribution is -0.134. The van der Waals surface area contributed by atoms with E-state index in [1.807, 2.05) is 62.4 Å². The van der Waals surface area contributed by atoms with Gasteiger partial charge in [-0.1, -0.05) is 42.5 Å². The zero-order chi connectivity index (χ0) is 17.6. The second-order valence-corrected chi connectivity index (χ2v) is 5.85. The van der Waals surface area contributed by atoms with E-state index in [9.17, 15) is 4.79 Å². The van der Waals surface area contributed by atoms with Crippen LogP contribution in [0.2, 0.25) is 0 Å². The van der Waals surface area contributed by atoms with Gasteiger partial charge in [0, 0.05) is 12.0 Å². The Morgan fingerprint density at radius 1 is 1.08 bits per heavy atom. The Labute approximate surface area is 146 Å². The predicted molar refractivity (Wildman–Crippen MR) is 94.0 cm³/mol. The molecule has 0 unspecified atom stereocenters. The van der Waals surface area contributed by atoms with Crippen LogP contribution < -0.4 is 4.74 Å². The number of rotatable bonds is 6. The number of benzene rings is 2. The van der Waals surface area contributed by atoms with Crippen LogP contribution >= 0.6 is 0 Å². The van der Waals surface area contributed by atoms with Crippen molar-refractivity contribution in [3.05, 3.63) is 59.7 Å². The lowest BCUT2D eigenvalue weighted by Crippen LogP contribution is -2.11. The highest BCUT2D eigenvalue weighted by Gasteiger charge is 2.10. The molecule has 0 radical (unpaired) electrons. The van der Waals surface area contributed by atoms with E-state index < -0.39 is 0 Å². The van der Waals surface area contributed by atoms with Crippen LogP contribution in [-0.2, 0) is 11.3 Å². The standard InChI is InChI=1S/C19H20N4O2/c1-14-8-6-11-17(15(14)2)25-18(24)12-7-13-23-21-19(20-22-23)16-9-4-3-5-10-16/h3-6,8-11H,7,12-13H2,1-2H3. The Balaban J connectivity index is 1.50. The average Bonchev–Trinajstić information content (AvgIpc) is 3.09. The van der Waals surface area contributed by atoms with E-state index in [0.29, 0.717) is 31.0 Å². The number of hydrogen-bond donors (Lipinski definition) is 0. The summed E-state index contributed by atoms with van der Waals surface area (Å²) in [5.41, 5.74) is 3.01. The average molecular weight is 336 g/mol. The van der Waals surface area contributed by atoms with Gasteiger partial charge in [-0.25, -0.2) is 0 Å². The van der Waals surface area contributed by atoms with E-state index in [1.165, 1.54) is 4.80 Å². The van der Waals surface area contributed by atoms with E-state index in [2.05, 4.69) is 15.4 Å². The number of tetrazole rings is 1. The summed E-state index contributed by atoms with van der Waals surface area (Å²) in [6.45, 7) is 4.46. The van der Waals surface area contributed by atoms with Crippen molar-refractivity contribution in [2.45, 2.75) is 33.2 Å². The number of carbonyl (C=O) groups excluding carboxylic acids is 1. The smallest absolute Gasteiger partial charge is 0.311 e. The van der Waals surface area contributed by atoms with E-state index >= 15 is 0 Å². The molecule has 2 aromatic carbocycles. The molecule has 0 bridgehead atoms. The van der Waals surface area contributed by atoms with Gasteiger partial charge in [0.15, 0.2) is 0 Å². The molecule has 3 aromatic rings. The van der Waals surface area contributed by atoms with Crippen LogP contribution in [0, 0.1) is 13.8 Å². The molecular weight excluding hydrogens is 316 g/mol. The molecule has 0 N–H and O–H groups in total. The highest BCUT2D eigenvalue weighted by Crippen LogP contribution is 2.21. The predicted octanol–water partition coefficient (Wildman–Crippen LogP) is 3.34. The van der Waals surface area contributed by atoms with E-state index in [1.54, 1.807) is 0 Å². The summed E-state index contributed by atoms with van der Waals surface area (Å²) in [6.07, 6.45) is 0.893. The van der Waals surface area contributed by atoms with Gasteiger partial charge in [0.1, 0.15) is 5.75 Å². The van der Waals surface area contributed by atoms with Gasteiger partial charge in [-0.05, 0) is 42.7 Å². The van der Waals surface area contributed by atoms with E-state index in [4.69, 9.17) is 4.74 Å². The quantitative estimate of drug-likeness (QED) is 0.510. The second-order valence-electron chi connectivity index (χ2n) is 5.85. The summed E-state index contributed by atoms with van der Waals surface area (Å²) in [6, 6.07) is 15.4. The third-order valence-corrected chi connectivity index (χ3v) is 4.00. The number of hydrogen-bond acceptors (Lipinski definition) is 5. The maximum Gasteiger partial charge on any atom is 0.311 e. The largest absolute Gasteiger partial charge is 0.426 e. The van der Waals surface area contributed by atoms with Crippen LogP contribution in [0.4, 0.5) is 0 Å². The zero-order valence-corrected chi connectivity index (χ0v) is 14.3. The van der Waals surface area contributed by atoms with Crippen molar-refractivity contribution in [2.24, 2.45) is 0 Å². The number of ether oxygens (including phenoxy) is 1. The number of nitrogens with zero attached hydrogens (tertiary/aromatic N) is 4. The summed E-state index contributed by atoms with van der Waals surface area (Å²) < 4.78 is 5.43. The molecule has 0 spiro atoms. The number of aryl methyl sites for hydroxylation is 2. The van der Waals surface area contributed by atoms with E-state index in [0.717, 1.165) is 16.7 Å². The first-order chi connectivity index (χ1) is 12.1. The van der Waals surface area contributed by atoms with Crippen molar-refractivity contribution >= 4 is 5.97 Å². The second kappa shape index (κ2) is 7.70. The monoisotopic (exact) mass is 336 g/mol. The van der Waals surface area contributed by atoms with Crippen molar-refractivity contribution in [1.82, 2.24) is 20.2 Å². The molecule has 128 valence electrons. The third kappa shape index (κ3) is 4.29. The maximum atomic E-state index is 12.0. The molecule has 1 heterocycles. The van der Waals surface area contributed by atoms with Crippen LogP contribution in [0.3, 0.4) is 0 Å². The molecule has 0 aliphatic rings. The van der Waals surface area contributed by atoms with Gasteiger partial charge in [0.25, 0.3) is 0 Å². The van der Waals surface area contributed by atoms with Crippen LogP contribution in [0.1, 0.15) is 24.0 Å². The molecule has 3 rings (SSSR count). The highest BCUT2D eigenvalue weighted by molar-refractivity contribution is 5.72. The van der Waals surface area contributed by atoms with Crippen molar-refractivity contribution in [3.8, 4) is 17.1 Å². The first-order valence-corrected chi connectivity index (χ1v) is 8.23. The summed E-state index contributed by atoms with van der Waals surface area (Å²) >= 11 is 0. The molecule has 0 saturated carbocycles. The van der Waals surface area contributed by atoms with Gasteiger partial charge in [0.2, 0.25) is 5.82 Å². The van der Waals surface area contributed by atoms with Gasteiger partial charge < -0.3 is 4.74 Å². The first-order valence-electron chi connectivity index (χ1n) is 8.23. The van der Waals surface area contributed by atoms with Gasteiger partial charge in [0.05, 0.1) is 6.54 Å². The summed E-state index contributed by atoms with van der Waals surface area (Å²) in [4.78, 5) is 13.5. The molecule has 0 aliphatic heterocycles. The highest BCUT2D eigenvalue weighted by atomic mass is 16.5. The molecule has 0 amide bonds. The van der Waals surface area contributed by atoms with Gasteiger partial charge in [-0.15, -0.1) is 10.2 Å². The fraction of sp³-hybridized carbons (Fsp3) is 0.263. The molecule has 6 heteroatoms. The first kappa shape index (κ1) is 16.8. The number of carbonyl (C=O) groups is 1. The Morgan fingerprint density at radius 3 is 2.68 bits per heavy atom. The molecule has 0 atom stereocenters. The van der Waals surface area contributed by atoms with Crippen LogP contribution in [0.15, 0.2) is 48.5 Å². The molecule has 6 nitrogen and oxygen atoms in total. The lowest BCUT2D eigenvalue weighted by Gasteiger charge is -2.08. The van der Waals surface area contributed by atoms with Crippen LogP contribution in [0.25, 0.3) is 11.4 Å². The lowest BCUT2D eigenvalue weighted by atomic mass is 10.1. The van der Waals surface area contributed by atoms with Gasteiger partial charge >= 0.3 is 5.97 Å². The summed E-state index contributed by atoms with van der Waals surface area (Å²) in [5.74, 6) is 0.950. The minimum absolute atomic E-state index is 0.253. The number of esters is 1. The van der Waals surface area contributed by atoms with Crippen molar-refractivity contribution in [2.75, 3.05) is 0 Å². The van der Waals surface area contributed by atoms with E-state index in [-0.39, 0.29) is 5.97 Å². The Hall–Kier alpha value is -3.02. The minimum atomic E-state index is -0.253. The van der Waals surface area contributed by atoms with Crippen LogP contribution in [0.5, 0.6) is 5.75 Å². The fourth-order valence-corrected chi connectivity index (χ4v) is 2.41. The molecule has 25 heavy (non-hydrogen) atoms. The number of aromatic nitrogens is 4. The Kier molecular flexibility index (Phi) is 5.18. The zero-order valence-electron chi connectivity index (χ0n) is 14.3. The van der Waals surface area contributed by atoms with Crippen molar-refractivity contribution in [3.63, 3.8) is 0 Å². The summed E-state index contributed by atoms with van der Waals surface area (Å²) in [7, 11) is 0. The SMILES string of the molecule is Cc1cccc(OC(=O)CCCn2nnc(-c3ccccc3)n2)c1C. The minimum Gasteiger partial charge on any atom is -0.426 e. The fourth-order valence-electron chi connectivity index (χ4n) is 2.41. The maximum absolute atomic E-state index is 12.0.